The van der Waals surface area contributed by atoms with Crippen LogP contribution in [0.3, 0.4) is 0 Å². The van der Waals surface area contributed by atoms with Crippen LogP contribution in [0.5, 0.6) is 5.75 Å². The van der Waals surface area contributed by atoms with Gasteiger partial charge in [0, 0.05) is 23.5 Å². The van der Waals surface area contributed by atoms with Gasteiger partial charge in [0.1, 0.15) is 15.8 Å². The maximum absolute atomic E-state index is 13.9. The smallest absolute Gasteiger partial charge is 0.243 e. The second-order valence-electron chi connectivity index (χ2n) is 9.95. The lowest BCUT2D eigenvalue weighted by Gasteiger charge is -2.48. The molecule has 2 aliphatic rings. The summed E-state index contributed by atoms with van der Waals surface area (Å²) in [7, 11) is -2.54. The van der Waals surface area contributed by atoms with E-state index in [-0.39, 0.29) is 30.8 Å². The maximum atomic E-state index is 13.9. The van der Waals surface area contributed by atoms with E-state index in [1.165, 1.54) is 23.5 Å². The Morgan fingerprint density at radius 3 is 2.20 bits per heavy atom. The molecule has 3 atom stereocenters. The van der Waals surface area contributed by atoms with Gasteiger partial charge in [-0.25, -0.2) is 8.42 Å². The topological polar surface area (TPSA) is 128 Å². The predicted molar refractivity (Wildman–Crippen MR) is 156 cm³/mol. The number of hydrogen-bond acceptors (Lipinski definition) is 7. The molecule has 0 saturated carbocycles. The Labute approximate surface area is 257 Å². The minimum atomic E-state index is -4.06. The Hall–Kier alpha value is -2.99. The van der Waals surface area contributed by atoms with E-state index >= 15 is 0 Å². The highest BCUT2D eigenvalue weighted by molar-refractivity contribution is 9.10. The van der Waals surface area contributed by atoms with Crippen molar-refractivity contribution in [2.45, 2.75) is 31.2 Å². The van der Waals surface area contributed by atoms with E-state index in [1.807, 2.05) is 12.1 Å². The number of carbonyl (C=O) groups excluding carboxylic acids is 2. The highest BCUT2D eigenvalue weighted by Crippen LogP contribution is 2.60. The molecule has 0 radical (unpaired) electrons. The first-order valence-corrected chi connectivity index (χ1v) is 15.4. The van der Waals surface area contributed by atoms with Crippen molar-refractivity contribution in [1.82, 2.24) is 4.31 Å². The minimum Gasteiger partial charge on any atom is -0.497 e. The van der Waals surface area contributed by atoms with Gasteiger partial charge in [-0.05, 0) is 61.7 Å². The van der Waals surface area contributed by atoms with Gasteiger partial charge < -0.3 is 4.74 Å². The highest BCUT2D eigenvalue weighted by Gasteiger charge is 2.70. The fraction of sp³-hybridized carbons (Fsp3) is 0.310. The van der Waals surface area contributed by atoms with Crippen LogP contribution in [-0.2, 0) is 26.2 Å². The number of hydrogen-bond donors (Lipinski definition) is 0. The maximum Gasteiger partial charge on any atom is 0.243 e. The van der Waals surface area contributed by atoms with Crippen LogP contribution < -0.4 is 4.74 Å². The molecular formula is C29H24BrCl2N3O5S. The zero-order valence-electron chi connectivity index (χ0n) is 22.0. The first-order chi connectivity index (χ1) is 19.4. The van der Waals surface area contributed by atoms with E-state index in [9.17, 15) is 28.5 Å². The summed E-state index contributed by atoms with van der Waals surface area (Å²) in [5, 5.41) is 19.6. The monoisotopic (exact) mass is 675 g/mol. The van der Waals surface area contributed by atoms with Gasteiger partial charge in [-0.2, -0.15) is 14.8 Å². The number of carbonyl (C=O) groups is 2. The zero-order valence-corrected chi connectivity index (χ0v) is 25.9. The molecule has 212 valence electrons. The summed E-state index contributed by atoms with van der Waals surface area (Å²) in [5.74, 6) is -2.21. The molecule has 2 aromatic carbocycles. The number of nitrogens with zero attached hydrogens (tertiary/aromatic N) is 3. The number of nitriles is 2. The molecule has 0 heterocycles. The van der Waals surface area contributed by atoms with Crippen LogP contribution >= 0.6 is 39.1 Å². The number of Topliss-reactive ketones (excluding diaryl/α,β-unsaturated/α-hetero) is 2. The third-order valence-electron chi connectivity index (χ3n) is 7.62. The normalized spacial score (nSPS) is 24.4. The average molecular weight is 677 g/mol. The van der Waals surface area contributed by atoms with E-state index in [4.69, 9.17) is 27.9 Å². The molecule has 0 aromatic heterocycles. The van der Waals surface area contributed by atoms with Crippen LogP contribution in [0.25, 0.3) is 0 Å². The third kappa shape index (κ3) is 5.13. The lowest BCUT2D eigenvalue weighted by molar-refractivity contribution is -0.141. The van der Waals surface area contributed by atoms with Crippen molar-refractivity contribution in [3.8, 4) is 17.9 Å². The molecule has 0 N–H and O–H groups in total. The van der Waals surface area contributed by atoms with Crippen LogP contribution in [0.1, 0.15) is 25.3 Å². The number of fused-ring (bicyclic) bond motifs is 1. The summed E-state index contributed by atoms with van der Waals surface area (Å²) >= 11 is 15.6. The molecule has 2 aliphatic carbocycles. The number of sulfonamides is 1. The summed E-state index contributed by atoms with van der Waals surface area (Å²) in [6.07, 6.45) is 1.43. The minimum absolute atomic E-state index is 0.0277. The van der Waals surface area contributed by atoms with E-state index < -0.39 is 48.4 Å². The Kier molecular flexibility index (Phi) is 8.84. The van der Waals surface area contributed by atoms with Crippen molar-refractivity contribution in [2.75, 3.05) is 13.7 Å². The molecule has 0 aliphatic heterocycles. The van der Waals surface area contributed by atoms with Crippen molar-refractivity contribution in [3.05, 3.63) is 80.3 Å². The number of methoxy groups -OCH3 is 1. The zero-order chi connectivity index (χ0) is 30.2. The Morgan fingerprint density at radius 2 is 1.63 bits per heavy atom. The van der Waals surface area contributed by atoms with E-state index in [0.717, 1.165) is 0 Å². The van der Waals surface area contributed by atoms with Crippen LogP contribution in [0, 0.1) is 39.4 Å². The van der Waals surface area contributed by atoms with Gasteiger partial charge in [0.15, 0.2) is 22.4 Å². The molecule has 0 saturated heterocycles. The molecule has 8 nitrogen and oxygen atoms in total. The summed E-state index contributed by atoms with van der Waals surface area (Å²) in [5.41, 5.74) is -3.00. The van der Waals surface area contributed by atoms with Gasteiger partial charge in [0.05, 0.1) is 24.1 Å². The first-order valence-electron chi connectivity index (χ1n) is 12.4. The highest BCUT2D eigenvalue weighted by atomic mass is 79.9. The lowest BCUT2D eigenvalue weighted by Crippen LogP contribution is -2.59. The molecular weight excluding hydrogens is 653 g/mol. The van der Waals surface area contributed by atoms with Gasteiger partial charge in [-0.1, -0.05) is 62.9 Å². The number of rotatable bonds is 8. The number of ketones is 2. The molecule has 41 heavy (non-hydrogen) atoms. The molecule has 12 heteroatoms. The molecule has 0 amide bonds. The summed E-state index contributed by atoms with van der Waals surface area (Å²) in [4.78, 5) is 27.0. The second kappa shape index (κ2) is 11.7. The van der Waals surface area contributed by atoms with Gasteiger partial charge in [0.2, 0.25) is 10.0 Å². The second-order valence-corrected chi connectivity index (χ2v) is 13.6. The summed E-state index contributed by atoms with van der Waals surface area (Å²) in [6.45, 7) is 1.52. The molecule has 0 spiro atoms. The van der Waals surface area contributed by atoms with Gasteiger partial charge in [-0.3, -0.25) is 9.59 Å². The van der Waals surface area contributed by atoms with Gasteiger partial charge in [-0.15, -0.1) is 0 Å². The SMILES string of the molecule is COc1ccc(CN(CC[C@@H]2C=C(C)C[C@]3(C#N)C(=O)C(Cl)=C(Cl)C(=O)[C@]23C#N)S(=O)(=O)c2ccc(Br)cc2)cc1. The first kappa shape index (κ1) is 31.0. The largest absolute Gasteiger partial charge is 0.497 e. The Bertz CT molecular complexity index is 1660. The van der Waals surface area contributed by atoms with Crippen molar-refractivity contribution in [3.63, 3.8) is 0 Å². The molecule has 0 bridgehead atoms. The average Bonchev–Trinajstić information content (AvgIpc) is 2.97. The third-order valence-corrected chi connectivity index (χ3v) is 10.8. The van der Waals surface area contributed by atoms with E-state index in [0.29, 0.717) is 21.4 Å². The quantitative estimate of drug-likeness (QED) is 0.320. The van der Waals surface area contributed by atoms with Crippen LogP contribution in [0.2, 0.25) is 0 Å². The lowest BCUT2D eigenvalue weighted by atomic mass is 9.48. The fourth-order valence-corrected chi connectivity index (χ4v) is 7.74. The summed E-state index contributed by atoms with van der Waals surface area (Å²) < 4.78 is 34.9. The van der Waals surface area contributed by atoms with E-state index in [1.54, 1.807) is 49.4 Å². The Balaban J connectivity index is 1.78. The molecule has 2 aromatic rings. The number of ether oxygens (including phenoxy) is 1. The molecule has 0 unspecified atom stereocenters. The van der Waals surface area contributed by atoms with Crippen LogP contribution in [-0.4, -0.2) is 37.9 Å². The standard InChI is InChI=1S/C29H24BrCl2N3O5S/c1-18-13-20(29(17-34)27(37)25(32)24(31)26(36)28(29,14-18)16-33)11-12-35(15-19-3-7-22(40-2)8-4-19)41(38,39)23-9-5-21(30)6-10-23/h3-10,13,20H,11-12,14-15H2,1-2H3/t20-,28+,29+/m1/s1. The number of allylic oxidation sites excluding steroid dienone is 4. The molecule has 0 fully saturated rings. The van der Waals surface area contributed by atoms with Crippen molar-refractivity contribution < 1.29 is 22.7 Å². The number of halogens is 3. The van der Waals surface area contributed by atoms with Gasteiger partial charge in [0.25, 0.3) is 0 Å². The van der Waals surface area contributed by atoms with Crippen molar-refractivity contribution in [1.29, 1.82) is 10.5 Å². The van der Waals surface area contributed by atoms with Crippen LogP contribution in [0.4, 0.5) is 0 Å². The van der Waals surface area contributed by atoms with Crippen LogP contribution in [0.15, 0.2) is 79.6 Å². The fourth-order valence-electron chi connectivity index (χ4n) is 5.55. The van der Waals surface area contributed by atoms with Crippen molar-refractivity contribution in [2.24, 2.45) is 16.7 Å². The van der Waals surface area contributed by atoms with Crippen molar-refractivity contribution >= 4 is 60.7 Å². The Morgan fingerprint density at radius 1 is 1.02 bits per heavy atom. The number of benzene rings is 2. The summed E-state index contributed by atoms with van der Waals surface area (Å²) in [6, 6.07) is 17.0. The molecule has 4 rings (SSSR count). The van der Waals surface area contributed by atoms with E-state index in [2.05, 4.69) is 15.9 Å². The predicted octanol–water partition coefficient (Wildman–Crippen LogP) is 5.87. The van der Waals surface area contributed by atoms with Gasteiger partial charge >= 0.3 is 0 Å².